The zero-order chi connectivity index (χ0) is 13.8. The summed E-state index contributed by atoms with van der Waals surface area (Å²) in [6.07, 6.45) is 1.94. The zero-order valence-electron chi connectivity index (χ0n) is 11.4. The molecule has 0 radical (unpaired) electrons. The summed E-state index contributed by atoms with van der Waals surface area (Å²) in [5.41, 5.74) is 7.22. The molecule has 1 aromatic carbocycles. The van der Waals surface area contributed by atoms with Gasteiger partial charge in [-0.15, -0.1) is 22.6 Å². The van der Waals surface area contributed by atoms with E-state index in [0.717, 1.165) is 17.1 Å². The Morgan fingerprint density at radius 2 is 2.25 bits per heavy atom. The lowest BCUT2D eigenvalue weighted by molar-refractivity contribution is -0.116. The van der Waals surface area contributed by atoms with Crippen LogP contribution in [0.4, 0.5) is 5.69 Å². The van der Waals surface area contributed by atoms with E-state index in [4.69, 9.17) is 5.73 Å². The Morgan fingerprint density at radius 1 is 1.50 bits per heavy atom. The number of aryl methyl sites for hydroxylation is 1. The van der Waals surface area contributed by atoms with Crippen LogP contribution in [0.25, 0.3) is 11.4 Å². The summed E-state index contributed by atoms with van der Waals surface area (Å²) < 4.78 is 1.82. The van der Waals surface area contributed by atoms with E-state index in [0.29, 0.717) is 6.42 Å². The number of hydrogen-bond acceptors (Lipinski definition) is 4. The molecule has 1 aromatic heterocycles. The number of benzene rings is 1. The van der Waals surface area contributed by atoms with Gasteiger partial charge in [-0.1, -0.05) is 12.1 Å². The first kappa shape index (κ1) is 16.1. The molecule has 0 bridgehead atoms. The topological polar surface area (TPSA) is 85.8 Å². The van der Waals surface area contributed by atoms with Crippen LogP contribution in [-0.4, -0.2) is 26.7 Å². The molecule has 6 nitrogen and oxygen atoms in total. The second-order valence-corrected chi connectivity index (χ2v) is 4.58. The first-order valence-electron chi connectivity index (χ1n) is 6.06. The summed E-state index contributed by atoms with van der Waals surface area (Å²) in [6.45, 7) is 1.80. The molecule has 0 saturated heterocycles. The molecular weight excluding hydrogens is 278 g/mol. The summed E-state index contributed by atoms with van der Waals surface area (Å²) in [4.78, 5) is 11.7. The highest BCUT2D eigenvalue weighted by molar-refractivity contribution is 5.91. The summed E-state index contributed by atoms with van der Waals surface area (Å²) in [6, 6.07) is 7.33. The van der Waals surface area contributed by atoms with Crippen molar-refractivity contribution in [3.63, 3.8) is 0 Å². The Kier molecular flexibility index (Phi) is 5.66. The van der Waals surface area contributed by atoms with Crippen LogP contribution in [0.5, 0.6) is 0 Å². The number of amides is 1. The van der Waals surface area contributed by atoms with E-state index >= 15 is 0 Å². The van der Waals surface area contributed by atoms with Crippen LogP contribution in [0.2, 0.25) is 0 Å². The molecule has 1 heterocycles. The van der Waals surface area contributed by atoms with E-state index in [1.807, 2.05) is 35.9 Å². The van der Waals surface area contributed by atoms with Gasteiger partial charge in [0.25, 0.3) is 0 Å². The third-order valence-electron chi connectivity index (χ3n) is 2.62. The highest BCUT2D eigenvalue weighted by atomic mass is 35.5. The van der Waals surface area contributed by atoms with Gasteiger partial charge < -0.3 is 15.6 Å². The number of rotatable bonds is 4. The third-order valence-corrected chi connectivity index (χ3v) is 2.62. The SMILES string of the molecule is CC(N)CC(=O)Nc1cccc(-c2nncn2C)c1.Cl. The summed E-state index contributed by atoms with van der Waals surface area (Å²) >= 11 is 0. The lowest BCUT2D eigenvalue weighted by atomic mass is 10.1. The number of nitrogens with zero attached hydrogens (tertiary/aromatic N) is 3. The summed E-state index contributed by atoms with van der Waals surface area (Å²) in [5.74, 6) is 0.661. The van der Waals surface area contributed by atoms with Gasteiger partial charge in [-0.05, 0) is 19.1 Å². The number of carbonyl (C=O) groups excluding carboxylic acids is 1. The van der Waals surface area contributed by atoms with Crippen molar-refractivity contribution in [1.82, 2.24) is 14.8 Å². The summed E-state index contributed by atoms with van der Waals surface area (Å²) in [7, 11) is 1.87. The van der Waals surface area contributed by atoms with Crippen LogP contribution in [0, 0.1) is 0 Å². The number of nitrogens with one attached hydrogen (secondary N) is 1. The maximum absolute atomic E-state index is 11.7. The molecule has 0 aliphatic rings. The molecule has 0 spiro atoms. The maximum atomic E-state index is 11.7. The van der Waals surface area contributed by atoms with Crippen molar-refractivity contribution >= 4 is 24.0 Å². The fraction of sp³-hybridized carbons (Fsp3) is 0.308. The van der Waals surface area contributed by atoms with E-state index < -0.39 is 0 Å². The van der Waals surface area contributed by atoms with Crippen LogP contribution < -0.4 is 11.1 Å². The molecule has 2 rings (SSSR count). The Morgan fingerprint density at radius 3 is 2.85 bits per heavy atom. The number of hydrogen-bond donors (Lipinski definition) is 2. The van der Waals surface area contributed by atoms with Gasteiger partial charge in [0, 0.05) is 30.8 Å². The van der Waals surface area contributed by atoms with E-state index in [1.54, 1.807) is 13.3 Å². The molecule has 0 aliphatic carbocycles. The van der Waals surface area contributed by atoms with Gasteiger partial charge in [0.2, 0.25) is 5.91 Å². The van der Waals surface area contributed by atoms with Crippen molar-refractivity contribution in [3.05, 3.63) is 30.6 Å². The minimum Gasteiger partial charge on any atom is -0.327 e. The zero-order valence-corrected chi connectivity index (χ0v) is 12.2. The molecule has 3 N–H and O–H groups in total. The molecule has 0 aliphatic heterocycles. The molecule has 0 saturated carbocycles. The van der Waals surface area contributed by atoms with Gasteiger partial charge in [0.05, 0.1) is 0 Å². The van der Waals surface area contributed by atoms with E-state index in [1.165, 1.54) is 0 Å². The Labute approximate surface area is 123 Å². The van der Waals surface area contributed by atoms with E-state index in [2.05, 4.69) is 15.5 Å². The van der Waals surface area contributed by atoms with Crippen LogP contribution in [0.3, 0.4) is 0 Å². The second kappa shape index (κ2) is 7.02. The van der Waals surface area contributed by atoms with Gasteiger partial charge in [-0.25, -0.2) is 0 Å². The number of nitrogens with two attached hydrogens (primary N) is 1. The van der Waals surface area contributed by atoms with Crippen molar-refractivity contribution in [2.75, 3.05) is 5.32 Å². The van der Waals surface area contributed by atoms with Crippen LogP contribution >= 0.6 is 12.4 Å². The van der Waals surface area contributed by atoms with Crippen LogP contribution in [-0.2, 0) is 11.8 Å². The minimum atomic E-state index is -0.151. The van der Waals surface area contributed by atoms with Crippen molar-refractivity contribution in [2.45, 2.75) is 19.4 Å². The molecule has 1 unspecified atom stereocenters. The normalized spacial score (nSPS) is 11.6. The molecule has 0 fully saturated rings. The molecule has 1 atom stereocenters. The van der Waals surface area contributed by atoms with Crippen molar-refractivity contribution < 1.29 is 4.79 Å². The highest BCUT2D eigenvalue weighted by Crippen LogP contribution is 2.20. The lowest BCUT2D eigenvalue weighted by Gasteiger charge is -2.08. The van der Waals surface area contributed by atoms with Gasteiger partial charge >= 0.3 is 0 Å². The minimum absolute atomic E-state index is 0. The Hall–Kier alpha value is -1.92. The Bertz CT molecular complexity index is 582. The lowest BCUT2D eigenvalue weighted by Crippen LogP contribution is -2.23. The van der Waals surface area contributed by atoms with Crippen molar-refractivity contribution in [1.29, 1.82) is 0 Å². The predicted molar refractivity (Wildman–Crippen MR) is 80.6 cm³/mol. The van der Waals surface area contributed by atoms with Gasteiger partial charge in [0.1, 0.15) is 6.33 Å². The van der Waals surface area contributed by atoms with Crippen LogP contribution in [0.1, 0.15) is 13.3 Å². The number of carbonyl (C=O) groups is 1. The van der Waals surface area contributed by atoms with E-state index in [-0.39, 0.29) is 24.4 Å². The number of aromatic nitrogens is 3. The third kappa shape index (κ3) is 4.04. The van der Waals surface area contributed by atoms with Crippen molar-refractivity contribution in [3.8, 4) is 11.4 Å². The maximum Gasteiger partial charge on any atom is 0.225 e. The first-order chi connectivity index (χ1) is 9.06. The van der Waals surface area contributed by atoms with Crippen molar-refractivity contribution in [2.24, 2.45) is 12.8 Å². The van der Waals surface area contributed by atoms with Gasteiger partial charge in [-0.2, -0.15) is 0 Å². The number of halogens is 1. The number of anilines is 1. The summed E-state index contributed by atoms with van der Waals surface area (Å²) in [5, 5.41) is 10.7. The molecule has 1 amide bonds. The molecule has 108 valence electrons. The van der Waals surface area contributed by atoms with E-state index in [9.17, 15) is 4.79 Å². The fourth-order valence-corrected chi connectivity index (χ4v) is 1.79. The fourth-order valence-electron chi connectivity index (χ4n) is 1.79. The average molecular weight is 296 g/mol. The second-order valence-electron chi connectivity index (χ2n) is 4.58. The molecular formula is C13H18ClN5O. The molecule has 7 heteroatoms. The molecule has 20 heavy (non-hydrogen) atoms. The standard InChI is InChI=1S/C13H17N5O.ClH/c1-9(14)6-12(19)16-11-5-3-4-10(7-11)13-17-15-8-18(13)2;/h3-5,7-9H,6,14H2,1-2H3,(H,16,19);1H. The van der Waals surface area contributed by atoms with Crippen LogP contribution in [0.15, 0.2) is 30.6 Å². The Balaban J connectivity index is 0.00000200. The smallest absolute Gasteiger partial charge is 0.225 e. The largest absolute Gasteiger partial charge is 0.327 e. The first-order valence-corrected chi connectivity index (χ1v) is 6.06. The quantitative estimate of drug-likeness (QED) is 0.896. The molecule has 2 aromatic rings. The average Bonchev–Trinajstić information content (AvgIpc) is 2.74. The monoisotopic (exact) mass is 295 g/mol. The van der Waals surface area contributed by atoms with Gasteiger partial charge in [-0.3, -0.25) is 4.79 Å². The highest BCUT2D eigenvalue weighted by Gasteiger charge is 2.08. The van der Waals surface area contributed by atoms with Gasteiger partial charge in [0.15, 0.2) is 5.82 Å². The predicted octanol–water partition coefficient (Wildman–Crippen LogP) is 1.58.